The van der Waals surface area contributed by atoms with E-state index in [1.807, 2.05) is 0 Å². The predicted molar refractivity (Wildman–Crippen MR) is 74.1 cm³/mol. The Bertz CT molecular complexity index is 441. The summed E-state index contributed by atoms with van der Waals surface area (Å²) in [5.74, 6) is 1.79. The van der Waals surface area contributed by atoms with Gasteiger partial charge in [0.25, 0.3) is 0 Å². The van der Waals surface area contributed by atoms with E-state index in [4.69, 9.17) is 5.73 Å². The molecule has 0 radical (unpaired) electrons. The number of fused-ring (bicyclic) bond motifs is 1. The van der Waals surface area contributed by atoms with Crippen LogP contribution in [0.15, 0.2) is 0 Å². The Morgan fingerprint density at radius 2 is 2.00 bits per heavy atom. The molecular formula is C14H24N4. The summed E-state index contributed by atoms with van der Waals surface area (Å²) < 4.78 is 0. The van der Waals surface area contributed by atoms with E-state index in [0.717, 1.165) is 25.9 Å². The molecule has 1 fully saturated rings. The molecule has 100 valence electrons. The number of anilines is 1. The van der Waals surface area contributed by atoms with Crippen molar-refractivity contribution in [3.05, 3.63) is 11.3 Å². The van der Waals surface area contributed by atoms with Gasteiger partial charge in [0.15, 0.2) is 5.82 Å². The maximum atomic E-state index is 5.98. The van der Waals surface area contributed by atoms with Crippen LogP contribution in [0.5, 0.6) is 0 Å². The Morgan fingerprint density at radius 3 is 2.67 bits per heavy atom. The molecule has 2 aliphatic rings. The van der Waals surface area contributed by atoms with Gasteiger partial charge in [-0.3, -0.25) is 5.10 Å². The molecule has 2 heterocycles. The Kier molecular flexibility index (Phi) is 2.66. The second kappa shape index (κ2) is 3.98. The maximum Gasteiger partial charge on any atom is 0.154 e. The first-order valence-electron chi connectivity index (χ1n) is 7.08. The summed E-state index contributed by atoms with van der Waals surface area (Å²) in [6, 6.07) is 0.375. The van der Waals surface area contributed by atoms with Crippen LogP contribution in [0.1, 0.15) is 57.2 Å². The number of aromatic amines is 1. The van der Waals surface area contributed by atoms with Crippen molar-refractivity contribution in [3.8, 4) is 0 Å². The van der Waals surface area contributed by atoms with Gasteiger partial charge in [-0.1, -0.05) is 20.8 Å². The van der Waals surface area contributed by atoms with Gasteiger partial charge in [-0.15, -0.1) is 0 Å². The van der Waals surface area contributed by atoms with Gasteiger partial charge in [-0.05, 0) is 30.6 Å². The molecule has 1 aromatic heterocycles. The average molecular weight is 248 g/mol. The zero-order valence-corrected chi connectivity index (χ0v) is 11.7. The minimum atomic E-state index is 0.247. The van der Waals surface area contributed by atoms with Crippen LogP contribution in [0.2, 0.25) is 0 Å². The van der Waals surface area contributed by atoms with E-state index in [0.29, 0.717) is 12.0 Å². The lowest BCUT2D eigenvalue weighted by atomic mass is 9.86. The SMILES string of the molecule is CC1CC(C)(C)c2c(N3CCC(N)CC3)n[nH]c21. The Morgan fingerprint density at radius 1 is 1.33 bits per heavy atom. The van der Waals surface area contributed by atoms with Gasteiger partial charge < -0.3 is 10.6 Å². The molecule has 1 atom stereocenters. The fraction of sp³-hybridized carbons (Fsp3) is 0.786. The summed E-state index contributed by atoms with van der Waals surface area (Å²) in [5, 5.41) is 7.87. The van der Waals surface area contributed by atoms with Crippen molar-refractivity contribution in [2.45, 2.75) is 57.4 Å². The highest BCUT2D eigenvalue weighted by molar-refractivity contribution is 5.56. The van der Waals surface area contributed by atoms with Crippen molar-refractivity contribution < 1.29 is 0 Å². The van der Waals surface area contributed by atoms with Crippen molar-refractivity contribution in [1.29, 1.82) is 0 Å². The summed E-state index contributed by atoms with van der Waals surface area (Å²) in [6.45, 7) is 9.06. The highest BCUT2D eigenvalue weighted by Gasteiger charge is 2.40. The molecule has 3 rings (SSSR count). The van der Waals surface area contributed by atoms with Crippen molar-refractivity contribution in [3.63, 3.8) is 0 Å². The van der Waals surface area contributed by atoms with E-state index in [1.165, 1.54) is 23.5 Å². The summed E-state index contributed by atoms with van der Waals surface area (Å²) in [4.78, 5) is 2.42. The van der Waals surface area contributed by atoms with Crippen molar-refractivity contribution in [2.24, 2.45) is 5.73 Å². The predicted octanol–water partition coefficient (Wildman–Crippen LogP) is 2.12. The van der Waals surface area contributed by atoms with Crippen LogP contribution in [-0.4, -0.2) is 29.3 Å². The van der Waals surface area contributed by atoms with E-state index in [9.17, 15) is 0 Å². The topological polar surface area (TPSA) is 57.9 Å². The first-order chi connectivity index (χ1) is 8.49. The highest BCUT2D eigenvalue weighted by atomic mass is 15.3. The zero-order valence-electron chi connectivity index (χ0n) is 11.7. The lowest BCUT2D eigenvalue weighted by molar-refractivity contribution is 0.472. The van der Waals surface area contributed by atoms with Crippen LogP contribution < -0.4 is 10.6 Å². The molecular weight excluding hydrogens is 224 g/mol. The van der Waals surface area contributed by atoms with E-state index >= 15 is 0 Å². The van der Waals surface area contributed by atoms with Gasteiger partial charge in [-0.2, -0.15) is 5.10 Å². The van der Waals surface area contributed by atoms with Gasteiger partial charge in [0.2, 0.25) is 0 Å². The molecule has 1 aliphatic heterocycles. The molecule has 1 saturated heterocycles. The quantitative estimate of drug-likeness (QED) is 0.800. The smallest absolute Gasteiger partial charge is 0.154 e. The minimum absolute atomic E-state index is 0.247. The molecule has 4 nitrogen and oxygen atoms in total. The van der Waals surface area contributed by atoms with Crippen LogP contribution in [0.25, 0.3) is 0 Å². The van der Waals surface area contributed by atoms with E-state index in [2.05, 4.69) is 35.9 Å². The van der Waals surface area contributed by atoms with Crippen LogP contribution in [-0.2, 0) is 5.41 Å². The molecule has 0 aromatic carbocycles. The standard InChI is InChI=1S/C14H24N4/c1-9-8-14(2,3)11-12(9)16-17-13(11)18-6-4-10(15)5-7-18/h9-10H,4-8,15H2,1-3H3,(H,16,17). The normalized spacial score (nSPS) is 27.6. The summed E-state index contributed by atoms with van der Waals surface area (Å²) in [7, 11) is 0. The number of H-pyrrole nitrogens is 1. The van der Waals surface area contributed by atoms with Crippen LogP contribution >= 0.6 is 0 Å². The molecule has 0 spiro atoms. The molecule has 1 aromatic rings. The van der Waals surface area contributed by atoms with Gasteiger partial charge in [0, 0.05) is 30.4 Å². The summed E-state index contributed by atoms with van der Waals surface area (Å²) in [6.07, 6.45) is 3.38. The minimum Gasteiger partial charge on any atom is -0.355 e. The van der Waals surface area contributed by atoms with Gasteiger partial charge in [0.05, 0.1) is 0 Å². The summed E-state index contributed by atoms with van der Waals surface area (Å²) >= 11 is 0. The Hall–Kier alpha value is -1.03. The van der Waals surface area contributed by atoms with Crippen LogP contribution in [0.4, 0.5) is 5.82 Å². The van der Waals surface area contributed by atoms with Gasteiger partial charge in [0.1, 0.15) is 0 Å². The molecule has 0 amide bonds. The molecule has 4 heteroatoms. The second-order valence-corrected chi connectivity index (χ2v) is 6.65. The molecule has 1 unspecified atom stereocenters. The number of rotatable bonds is 1. The van der Waals surface area contributed by atoms with Crippen molar-refractivity contribution in [2.75, 3.05) is 18.0 Å². The number of piperidine rings is 1. The third-order valence-corrected chi connectivity index (χ3v) is 4.60. The lowest BCUT2D eigenvalue weighted by Gasteiger charge is -2.32. The molecule has 0 saturated carbocycles. The lowest BCUT2D eigenvalue weighted by Crippen LogP contribution is -2.40. The zero-order chi connectivity index (χ0) is 12.9. The number of nitrogens with two attached hydrogens (primary N) is 1. The van der Waals surface area contributed by atoms with E-state index in [-0.39, 0.29) is 5.41 Å². The summed E-state index contributed by atoms with van der Waals surface area (Å²) in [5.41, 5.74) is 9.03. The average Bonchev–Trinajstić information content (AvgIpc) is 2.82. The largest absolute Gasteiger partial charge is 0.355 e. The van der Waals surface area contributed by atoms with Crippen molar-refractivity contribution in [1.82, 2.24) is 10.2 Å². The maximum absolute atomic E-state index is 5.98. The third kappa shape index (κ3) is 1.74. The number of nitrogens with zero attached hydrogens (tertiary/aromatic N) is 2. The Labute approximate surface area is 109 Å². The number of nitrogens with one attached hydrogen (secondary N) is 1. The second-order valence-electron chi connectivity index (χ2n) is 6.65. The monoisotopic (exact) mass is 248 g/mol. The molecule has 1 aliphatic carbocycles. The Balaban J connectivity index is 1.93. The number of hydrogen-bond donors (Lipinski definition) is 2. The van der Waals surface area contributed by atoms with Crippen LogP contribution in [0.3, 0.4) is 0 Å². The first-order valence-corrected chi connectivity index (χ1v) is 7.08. The van der Waals surface area contributed by atoms with Gasteiger partial charge >= 0.3 is 0 Å². The van der Waals surface area contributed by atoms with Crippen LogP contribution in [0, 0.1) is 0 Å². The molecule has 0 bridgehead atoms. The van der Waals surface area contributed by atoms with E-state index in [1.54, 1.807) is 0 Å². The first kappa shape index (κ1) is 12.0. The molecule has 18 heavy (non-hydrogen) atoms. The fourth-order valence-corrected chi connectivity index (χ4v) is 3.68. The molecule has 3 N–H and O–H groups in total. The third-order valence-electron chi connectivity index (χ3n) is 4.60. The van der Waals surface area contributed by atoms with Gasteiger partial charge in [-0.25, -0.2) is 0 Å². The van der Waals surface area contributed by atoms with Crippen molar-refractivity contribution >= 4 is 5.82 Å². The number of aromatic nitrogens is 2. The fourth-order valence-electron chi connectivity index (χ4n) is 3.68. The number of hydrogen-bond acceptors (Lipinski definition) is 3. The van der Waals surface area contributed by atoms with E-state index < -0.39 is 0 Å². The highest BCUT2D eigenvalue weighted by Crippen LogP contribution is 2.48.